The number of piperidine rings is 1. The van der Waals surface area contributed by atoms with Crippen LogP contribution in [-0.4, -0.2) is 49.0 Å². The number of imidazole rings is 1. The first-order chi connectivity index (χ1) is 11.3. The summed E-state index contributed by atoms with van der Waals surface area (Å²) in [6.45, 7) is 1.53. The second-order valence-electron chi connectivity index (χ2n) is 5.94. The molecule has 0 aliphatic carbocycles. The summed E-state index contributed by atoms with van der Waals surface area (Å²) in [4.78, 5) is 25.6. The summed E-state index contributed by atoms with van der Waals surface area (Å²) in [6.07, 6.45) is 7.48. The number of fused-ring (bicyclic) bond motifs is 1. The number of carbonyl (C=O) groups excluding carboxylic acids is 1. The standard InChI is InChI=1S/C16H18N6O/c23-14(7-12-8-17-10-19-12)22-6-2-3-11(9-22)15-13-4-1-5-18-16(13)21-20-15/h1,4-5,8,10-11H,2-3,6-7,9H2,(H,17,19)(H,18,20,21). The lowest BCUT2D eigenvalue weighted by Gasteiger charge is -2.32. The number of carbonyl (C=O) groups is 1. The van der Waals surface area contributed by atoms with Crippen LogP contribution in [0.5, 0.6) is 0 Å². The van der Waals surface area contributed by atoms with Gasteiger partial charge in [-0.3, -0.25) is 9.89 Å². The highest BCUT2D eigenvalue weighted by Crippen LogP contribution is 2.30. The van der Waals surface area contributed by atoms with Crippen molar-refractivity contribution in [2.45, 2.75) is 25.2 Å². The van der Waals surface area contributed by atoms with Crippen molar-refractivity contribution in [3.8, 4) is 0 Å². The van der Waals surface area contributed by atoms with E-state index in [0.29, 0.717) is 6.42 Å². The van der Waals surface area contributed by atoms with Gasteiger partial charge in [0.1, 0.15) is 0 Å². The van der Waals surface area contributed by atoms with Gasteiger partial charge in [-0.05, 0) is 25.0 Å². The number of nitrogens with zero attached hydrogens (tertiary/aromatic N) is 4. The average Bonchev–Trinajstić information content (AvgIpc) is 3.24. The van der Waals surface area contributed by atoms with Gasteiger partial charge < -0.3 is 9.88 Å². The Balaban J connectivity index is 1.51. The lowest BCUT2D eigenvalue weighted by Crippen LogP contribution is -2.40. The molecule has 1 amide bonds. The van der Waals surface area contributed by atoms with E-state index in [0.717, 1.165) is 48.4 Å². The predicted molar refractivity (Wildman–Crippen MR) is 84.7 cm³/mol. The minimum Gasteiger partial charge on any atom is -0.348 e. The van der Waals surface area contributed by atoms with Crippen LogP contribution in [-0.2, 0) is 11.2 Å². The summed E-state index contributed by atoms with van der Waals surface area (Å²) in [5.41, 5.74) is 2.68. The van der Waals surface area contributed by atoms with Crippen LogP contribution in [0.15, 0.2) is 30.9 Å². The fraction of sp³-hybridized carbons (Fsp3) is 0.375. The van der Waals surface area contributed by atoms with Crippen molar-refractivity contribution in [3.63, 3.8) is 0 Å². The number of aromatic amines is 2. The Morgan fingerprint density at radius 2 is 2.39 bits per heavy atom. The Morgan fingerprint density at radius 1 is 1.43 bits per heavy atom. The Hall–Kier alpha value is -2.70. The number of aromatic nitrogens is 5. The zero-order chi connectivity index (χ0) is 15.6. The summed E-state index contributed by atoms with van der Waals surface area (Å²) < 4.78 is 0. The maximum absolute atomic E-state index is 12.5. The molecule has 1 saturated heterocycles. The average molecular weight is 310 g/mol. The molecule has 7 nitrogen and oxygen atoms in total. The number of pyridine rings is 1. The van der Waals surface area contributed by atoms with Gasteiger partial charge in [0.2, 0.25) is 5.91 Å². The highest BCUT2D eigenvalue weighted by molar-refractivity contribution is 5.80. The fourth-order valence-corrected chi connectivity index (χ4v) is 3.28. The number of H-pyrrole nitrogens is 2. The Bertz CT molecular complexity index is 809. The van der Waals surface area contributed by atoms with Crippen LogP contribution in [0.3, 0.4) is 0 Å². The highest BCUT2D eigenvalue weighted by Gasteiger charge is 2.27. The van der Waals surface area contributed by atoms with Crippen molar-refractivity contribution in [2.24, 2.45) is 0 Å². The van der Waals surface area contributed by atoms with Crippen molar-refractivity contribution >= 4 is 16.9 Å². The summed E-state index contributed by atoms with van der Waals surface area (Å²) in [6, 6.07) is 3.96. The van der Waals surface area contributed by atoms with Crippen LogP contribution < -0.4 is 0 Å². The molecule has 7 heteroatoms. The maximum Gasteiger partial charge on any atom is 0.228 e. The van der Waals surface area contributed by atoms with E-state index in [1.165, 1.54) is 0 Å². The molecule has 1 fully saturated rings. The van der Waals surface area contributed by atoms with Gasteiger partial charge in [0.15, 0.2) is 5.65 Å². The van der Waals surface area contributed by atoms with Crippen molar-refractivity contribution < 1.29 is 4.79 Å². The number of hydrogen-bond acceptors (Lipinski definition) is 4. The van der Waals surface area contributed by atoms with Crippen LogP contribution >= 0.6 is 0 Å². The third-order valence-corrected chi connectivity index (χ3v) is 4.44. The molecule has 0 radical (unpaired) electrons. The number of amides is 1. The zero-order valence-corrected chi connectivity index (χ0v) is 12.7. The van der Waals surface area contributed by atoms with Gasteiger partial charge in [-0.15, -0.1) is 0 Å². The SMILES string of the molecule is O=C(Cc1cnc[nH]1)N1CCCC(c2[nH]nc3ncccc23)C1. The van der Waals surface area contributed by atoms with E-state index in [2.05, 4.69) is 25.1 Å². The van der Waals surface area contributed by atoms with Crippen molar-refractivity contribution in [1.29, 1.82) is 0 Å². The molecule has 0 aromatic carbocycles. The molecule has 1 aliphatic rings. The second-order valence-corrected chi connectivity index (χ2v) is 5.94. The van der Waals surface area contributed by atoms with Crippen LogP contribution in [0.1, 0.15) is 30.1 Å². The molecule has 23 heavy (non-hydrogen) atoms. The normalized spacial score (nSPS) is 18.4. The van der Waals surface area contributed by atoms with Gasteiger partial charge in [0.25, 0.3) is 0 Å². The quantitative estimate of drug-likeness (QED) is 0.769. The summed E-state index contributed by atoms with van der Waals surface area (Å²) in [5.74, 6) is 0.421. The molecule has 0 bridgehead atoms. The summed E-state index contributed by atoms with van der Waals surface area (Å²) in [7, 11) is 0. The number of rotatable bonds is 3. The van der Waals surface area contributed by atoms with Crippen LogP contribution in [0.4, 0.5) is 0 Å². The van der Waals surface area contributed by atoms with Gasteiger partial charge in [0.05, 0.1) is 12.7 Å². The first-order valence-electron chi connectivity index (χ1n) is 7.85. The maximum atomic E-state index is 12.5. The number of nitrogens with one attached hydrogen (secondary N) is 2. The lowest BCUT2D eigenvalue weighted by atomic mass is 9.93. The largest absolute Gasteiger partial charge is 0.348 e. The third-order valence-electron chi connectivity index (χ3n) is 4.44. The molecule has 4 rings (SSSR count). The molecular formula is C16H18N6O. The van der Waals surface area contributed by atoms with E-state index >= 15 is 0 Å². The van der Waals surface area contributed by atoms with Crippen molar-refractivity contribution in [1.82, 2.24) is 30.0 Å². The smallest absolute Gasteiger partial charge is 0.228 e. The molecule has 1 aliphatic heterocycles. The van der Waals surface area contributed by atoms with Crippen LogP contribution in [0.25, 0.3) is 11.0 Å². The molecule has 3 aromatic heterocycles. The van der Waals surface area contributed by atoms with E-state index in [9.17, 15) is 4.79 Å². The molecule has 1 atom stereocenters. The molecule has 3 aromatic rings. The minimum atomic E-state index is 0.140. The monoisotopic (exact) mass is 310 g/mol. The first kappa shape index (κ1) is 13.9. The molecule has 4 heterocycles. The summed E-state index contributed by atoms with van der Waals surface area (Å²) in [5, 5.41) is 8.45. The predicted octanol–water partition coefficient (Wildman–Crippen LogP) is 1.63. The Morgan fingerprint density at radius 3 is 3.26 bits per heavy atom. The zero-order valence-electron chi connectivity index (χ0n) is 12.7. The Labute approximate surface area is 133 Å². The molecule has 0 spiro atoms. The Kier molecular flexibility index (Phi) is 3.53. The van der Waals surface area contributed by atoms with Gasteiger partial charge >= 0.3 is 0 Å². The molecular weight excluding hydrogens is 292 g/mol. The van der Waals surface area contributed by atoms with Gasteiger partial charge in [-0.25, -0.2) is 9.97 Å². The van der Waals surface area contributed by atoms with E-state index in [1.807, 2.05) is 17.0 Å². The van der Waals surface area contributed by atoms with E-state index < -0.39 is 0 Å². The number of likely N-dealkylation sites (tertiary alicyclic amines) is 1. The first-order valence-corrected chi connectivity index (χ1v) is 7.85. The second kappa shape index (κ2) is 5.83. The fourth-order valence-electron chi connectivity index (χ4n) is 3.28. The van der Waals surface area contributed by atoms with Gasteiger partial charge in [-0.1, -0.05) is 0 Å². The summed E-state index contributed by atoms with van der Waals surface area (Å²) >= 11 is 0. The van der Waals surface area contributed by atoms with Crippen LogP contribution in [0, 0.1) is 0 Å². The van der Waals surface area contributed by atoms with Crippen molar-refractivity contribution in [3.05, 3.63) is 42.2 Å². The van der Waals surface area contributed by atoms with Gasteiger partial charge in [-0.2, -0.15) is 5.10 Å². The van der Waals surface area contributed by atoms with Gasteiger partial charge in [0, 0.05) is 48.2 Å². The lowest BCUT2D eigenvalue weighted by molar-refractivity contribution is -0.131. The van der Waals surface area contributed by atoms with Crippen LogP contribution in [0.2, 0.25) is 0 Å². The third kappa shape index (κ3) is 2.69. The number of hydrogen-bond donors (Lipinski definition) is 2. The van der Waals surface area contributed by atoms with E-state index in [1.54, 1.807) is 18.7 Å². The molecule has 0 saturated carbocycles. The van der Waals surface area contributed by atoms with E-state index in [4.69, 9.17) is 0 Å². The van der Waals surface area contributed by atoms with E-state index in [-0.39, 0.29) is 11.8 Å². The topological polar surface area (TPSA) is 90.6 Å². The molecule has 118 valence electrons. The highest BCUT2D eigenvalue weighted by atomic mass is 16.2. The van der Waals surface area contributed by atoms with Crippen molar-refractivity contribution in [2.75, 3.05) is 13.1 Å². The molecule has 1 unspecified atom stereocenters. The minimum absolute atomic E-state index is 0.140. The molecule has 2 N–H and O–H groups in total.